The molecule has 1 aliphatic rings. The van der Waals surface area contributed by atoms with Gasteiger partial charge in [0.05, 0.1) is 0 Å². The van der Waals surface area contributed by atoms with E-state index in [1.165, 1.54) is 19.3 Å². The summed E-state index contributed by atoms with van der Waals surface area (Å²) in [6.45, 7) is 6.80. The summed E-state index contributed by atoms with van der Waals surface area (Å²) < 4.78 is 0. The van der Waals surface area contributed by atoms with Crippen LogP contribution >= 0.6 is 0 Å². The molecule has 1 aliphatic heterocycles. The maximum absolute atomic E-state index is 3.48. The first kappa shape index (κ1) is 10.7. The van der Waals surface area contributed by atoms with Crippen molar-refractivity contribution in [1.82, 2.24) is 5.32 Å². The minimum Gasteiger partial charge on any atom is -0.312 e. The predicted molar refractivity (Wildman–Crippen MR) is 65.2 cm³/mol. The van der Waals surface area contributed by atoms with Crippen molar-refractivity contribution in [3.05, 3.63) is 34.9 Å². The van der Waals surface area contributed by atoms with Crippen LogP contribution in [0.1, 0.15) is 49.3 Å². The highest BCUT2D eigenvalue weighted by molar-refractivity contribution is 5.39. The number of hydrogen-bond donors (Lipinski definition) is 1. The molecule has 2 rings (SSSR count). The van der Waals surface area contributed by atoms with E-state index in [0.717, 1.165) is 19.0 Å². The van der Waals surface area contributed by atoms with Crippen molar-refractivity contribution in [3.63, 3.8) is 0 Å². The molecule has 1 nitrogen and oxygen atoms in total. The molecule has 0 amide bonds. The van der Waals surface area contributed by atoms with Gasteiger partial charge in [0.25, 0.3) is 0 Å². The Hall–Kier alpha value is -0.820. The quantitative estimate of drug-likeness (QED) is 0.795. The monoisotopic (exact) mass is 203 g/mol. The number of hydrogen-bond acceptors (Lipinski definition) is 1. The maximum Gasteiger partial charge on any atom is 0.0211 e. The van der Waals surface area contributed by atoms with Gasteiger partial charge in [-0.1, -0.05) is 32.0 Å². The fourth-order valence-electron chi connectivity index (χ4n) is 2.65. The lowest BCUT2D eigenvalue weighted by molar-refractivity contribution is 0.597. The molecule has 0 bridgehead atoms. The second kappa shape index (κ2) is 4.80. The van der Waals surface area contributed by atoms with Gasteiger partial charge in [0.2, 0.25) is 0 Å². The minimum atomic E-state index is 0.750. The predicted octanol–water partition coefficient (Wildman–Crippen LogP) is 3.24. The van der Waals surface area contributed by atoms with Crippen molar-refractivity contribution < 1.29 is 0 Å². The zero-order valence-electron chi connectivity index (χ0n) is 9.84. The Kier molecular flexibility index (Phi) is 3.42. The molecule has 0 unspecified atom stereocenters. The molecule has 1 N–H and O–H groups in total. The Morgan fingerprint density at radius 3 is 2.80 bits per heavy atom. The van der Waals surface area contributed by atoms with Crippen molar-refractivity contribution in [2.45, 2.75) is 45.6 Å². The van der Waals surface area contributed by atoms with E-state index < -0.39 is 0 Å². The van der Waals surface area contributed by atoms with Crippen LogP contribution in [-0.4, -0.2) is 6.54 Å². The van der Waals surface area contributed by atoms with Gasteiger partial charge in [0.15, 0.2) is 0 Å². The Morgan fingerprint density at radius 1 is 1.27 bits per heavy atom. The second-order valence-corrected chi connectivity index (χ2v) is 4.43. The average molecular weight is 203 g/mol. The fraction of sp³-hybridized carbons (Fsp3) is 0.571. The van der Waals surface area contributed by atoms with Crippen molar-refractivity contribution in [2.24, 2.45) is 0 Å². The van der Waals surface area contributed by atoms with Gasteiger partial charge >= 0.3 is 0 Å². The van der Waals surface area contributed by atoms with E-state index in [1.807, 2.05) is 0 Å². The van der Waals surface area contributed by atoms with Gasteiger partial charge in [-0.3, -0.25) is 0 Å². The second-order valence-electron chi connectivity index (χ2n) is 4.43. The fourth-order valence-corrected chi connectivity index (χ4v) is 2.65. The molecule has 0 atom stereocenters. The molecule has 0 radical (unpaired) electrons. The van der Waals surface area contributed by atoms with E-state index in [9.17, 15) is 0 Å². The molecule has 0 saturated carbocycles. The van der Waals surface area contributed by atoms with Crippen LogP contribution in [0.2, 0.25) is 0 Å². The molecule has 0 saturated heterocycles. The number of rotatable bonds is 3. The largest absolute Gasteiger partial charge is 0.312 e. The number of nitrogens with one attached hydrogen (secondary N) is 1. The van der Waals surface area contributed by atoms with Crippen molar-refractivity contribution in [2.75, 3.05) is 6.54 Å². The zero-order chi connectivity index (χ0) is 10.7. The smallest absolute Gasteiger partial charge is 0.0211 e. The topological polar surface area (TPSA) is 12.0 Å². The van der Waals surface area contributed by atoms with Gasteiger partial charge in [0, 0.05) is 6.54 Å². The van der Waals surface area contributed by atoms with Crippen LogP contribution in [-0.2, 0) is 13.0 Å². The Morgan fingerprint density at radius 2 is 2.07 bits per heavy atom. The van der Waals surface area contributed by atoms with Gasteiger partial charge in [-0.25, -0.2) is 0 Å². The Balaban J connectivity index is 2.38. The Bertz CT molecular complexity index is 326. The van der Waals surface area contributed by atoms with Gasteiger partial charge in [-0.15, -0.1) is 0 Å². The van der Waals surface area contributed by atoms with Gasteiger partial charge in [-0.2, -0.15) is 0 Å². The summed E-state index contributed by atoms with van der Waals surface area (Å²) in [4.78, 5) is 0. The molecule has 0 aromatic heterocycles. The molecule has 15 heavy (non-hydrogen) atoms. The van der Waals surface area contributed by atoms with Crippen LogP contribution in [0.3, 0.4) is 0 Å². The average Bonchev–Trinajstić information content (AvgIpc) is 2.31. The van der Waals surface area contributed by atoms with E-state index in [4.69, 9.17) is 0 Å². The number of fused-ring (bicyclic) bond motifs is 1. The normalized spacial score (nSPS) is 15.4. The molecular weight excluding hydrogens is 182 g/mol. The molecule has 1 aromatic rings. The van der Waals surface area contributed by atoms with Crippen molar-refractivity contribution >= 4 is 0 Å². The maximum atomic E-state index is 3.48. The van der Waals surface area contributed by atoms with Crippen LogP contribution in [0.4, 0.5) is 0 Å². The summed E-state index contributed by atoms with van der Waals surface area (Å²) in [6.07, 6.45) is 3.71. The zero-order valence-corrected chi connectivity index (χ0v) is 9.84. The van der Waals surface area contributed by atoms with E-state index in [2.05, 4.69) is 37.4 Å². The highest BCUT2D eigenvalue weighted by Crippen LogP contribution is 2.29. The summed E-state index contributed by atoms with van der Waals surface area (Å²) >= 11 is 0. The summed E-state index contributed by atoms with van der Waals surface area (Å²) in [6, 6.07) is 6.85. The van der Waals surface area contributed by atoms with Crippen LogP contribution < -0.4 is 5.32 Å². The third kappa shape index (κ3) is 2.07. The van der Waals surface area contributed by atoms with Crippen LogP contribution in [0.25, 0.3) is 0 Å². The highest BCUT2D eigenvalue weighted by atomic mass is 14.9. The van der Waals surface area contributed by atoms with Crippen LogP contribution in [0, 0.1) is 0 Å². The summed E-state index contributed by atoms with van der Waals surface area (Å²) in [7, 11) is 0. The molecule has 0 aliphatic carbocycles. The first-order chi connectivity index (χ1) is 7.36. The van der Waals surface area contributed by atoms with Gasteiger partial charge in [-0.05, 0) is 48.4 Å². The van der Waals surface area contributed by atoms with Crippen LogP contribution in [0.5, 0.6) is 0 Å². The van der Waals surface area contributed by atoms with E-state index in [0.29, 0.717) is 0 Å². The van der Waals surface area contributed by atoms with E-state index in [1.54, 1.807) is 16.7 Å². The summed E-state index contributed by atoms with van der Waals surface area (Å²) in [5, 5.41) is 3.48. The van der Waals surface area contributed by atoms with Crippen molar-refractivity contribution in [3.8, 4) is 0 Å². The van der Waals surface area contributed by atoms with E-state index >= 15 is 0 Å². The summed E-state index contributed by atoms with van der Waals surface area (Å²) in [5.41, 5.74) is 4.74. The number of benzene rings is 1. The van der Waals surface area contributed by atoms with Crippen molar-refractivity contribution in [1.29, 1.82) is 0 Å². The third-order valence-electron chi connectivity index (χ3n) is 3.61. The lowest BCUT2D eigenvalue weighted by Gasteiger charge is -2.24. The molecule has 0 spiro atoms. The molecular formula is C14H21N. The first-order valence-corrected chi connectivity index (χ1v) is 6.18. The molecule has 0 fully saturated rings. The lowest BCUT2D eigenvalue weighted by atomic mass is 9.86. The summed E-state index contributed by atoms with van der Waals surface area (Å²) in [5.74, 6) is 0.750. The minimum absolute atomic E-state index is 0.750. The standard InChI is InChI=1S/C14H21N/c1-3-11(4-2)13-7-5-6-12-8-9-15-10-14(12)13/h5-7,11,15H,3-4,8-10H2,1-2H3. The molecule has 1 aromatic carbocycles. The molecule has 1 heterocycles. The Labute approximate surface area is 92.9 Å². The third-order valence-corrected chi connectivity index (χ3v) is 3.61. The SMILES string of the molecule is CCC(CC)c1cccc2c1CNCC2. The first-order valence-electron chi connectivity index (χ1n) is 6.18. The van der Waals surface area contributed by atoms with Crippen LogP contribution in [0.15, 0.2) is 18.2 Å². The van der Waals surface area contributed by atoms with Gasteiger partial charge in [0.1, 0.15) is 0 Å². The highest BCUT2D eigenvalue weighted by Gasteiger charge is 2.16. The van der Waals surface area contributed by atoms with Gasteiger partial charge < -0.3 is 5.32 Å². The molecule has 82 valence electrons. The van der Waals surface area contributed by atoms with E-state index in [-0.39, 0.29) is 0 Å². The lowest BCUT2D eigenvalue weighted by Crippen LogP contribution is -2.25. The molecule has 1 heteroatoms.